The molecule has 2 aliphatic rings. The summed E-state index contributed by atoms with van der Waals surface area (Å²) in [5.74, 6) is -0.219. The van der Waals surface area contributed by atoms with E-state index in [-0.39, 0.29) is 17.7 Å². The van der Waals surface area contributed by atoms with Gasteiger partial charge < -0.3 is 14.4 Å². The number of piperazine rings is 1. The van der Waals surface area contributed by atoms with E-state index >= 15 is 0 Å². The summed E-state index contributed by atoms with van der Waals surface area (Å²) >= 11 is 0. The van der Waals surface area contributed by atoms with Crippen LogP contribution in [0.1, 0.15) is 29.8 Å². The molecule has 0 atom stereocenters. The van der Waals surface area contributed by atoms with Gasteiger partial charge in [-0.3, -0.25) is 14.4 Å². The summed E-state index contributed by atoms with van der Waals surface area (Å²) in [7, 11) is 2.00. The molecule has 1 N–H and O–H groups in total. The molecule has 0 spiro atoms. The van der Waals surface area contributed by atoms with E-state index in [0.717, 1.165) is 17.0 Å². The highest BCUT2D eigenvalue weighted by molar-refractivity contribution is 6.39. The summed E-state index contributed by atoms with van der Waals surface area (Å²) in [6.07, 6.45) is 1.05. The monoisotopic (exact) mass is 359 g/mol. The van der Waals surface area contributed by atoms with Crippen LogP contribution in [0, 0.1) is 13.8 Å². The second-order valence-corrected chi connectivity index (χ2v) is 6.90. The molecule has 0 unspecified atom stereocenters. The smallest absolute Gasteiger partial charge is 0.270 e. The Bertz CT molecular complexity index is 772. The third-order valence-corrected chi connectivity index (χ3v) is 5.29. The van der Waals surface area contributed by atoms with Crippen LogP contribution >= 0.6 is 0 Å². The van der Waals surface area contributed by atoms with E-state index in [4.69, 9.17) is 0 Å². The van der Waals surface area contributed by atoms with Gasteiger partial charge in [0.2, 0.25) is 11.8 Å². The molecule has 3 rings (SSSR count). The summed E-state index contributed by atoms with van der Waals surface area (Å²) in [6, 6.07) is 2.06. The fourth-order valence-electron chi connectivity index (χ4n) is 3.36. The Morgan fingerprint density at radius 3 is 2.31 bits per heavy atom. The lowest BCUT2D eigenvalue weighted by molar-refractivity contribution is -0.136. The summed E-state index contributed by atoms with van der Waals surface area (Å²) < 4.78 is 2.09. The number of amides is 3. The van der Waals surface area contributed by atoms with Gasteiger partial charge in [0.05, 0.1) is 6.42 Å². The first-order valence-corrected chi connectivity index (χ1v) is 8.91. The molecule has 8 heteroatoms. The molecule has 1 fully saturated rings. The molecule has 0 aromatic carbocycles. The van der Waals surface area contributed by atoms with Crippen molar-refractivity contribution in [2.75, 3.05) is 26.2 Å². The van der Waals surface area contributed by atoms with Gasteiger partial charge in [0.25, 0.3) is 5.91 Å². The van der Waals surface area contributed by atoms with E-state index < -0.39 is 0 Å². The summed E-state index contributed by atoms with van der Waals surface area (Å²) in [5, 5.41) is 3.86. The Kier molecular flexibility index (Phi) is 5.11. The minimum atomic E-state index is -0.164. The van der Waals surface area contributed by atoms with Crippen molar-refractivity contribution in [1.29, 1.82) is 0 Å². The zero-order valence-electron chi connectivity index (χ0n) is 15.5. The normalized spacial score (nSPS) is 17.8. The Hall–Kier alpha value is -2.64. The van der Waals surface area contributed by atoms with Gasteiger partial charge in [0, 0.05) is 57.5 Å². The number of hydrogen-bond donors (Lipinski definition) is 1. The lowest BCUT2D eigenvalue weighted by Crippen LogP contribution is -2.53. The van der Waals surface area contributed by atoms with Crippen molar-refractivity contribution in [3.63, 3.8) is 0 Å². The number of carbonyl (C=O) groups excluding carboxylic acids is 3. The van der Waals surface area contributed by atoms with Crippen LogP contribution in [0.15, 0.2) is 11.2 Å². The van der Waals surface area contributed by atoms with Gasteiger partial charge >= 0.3 is 0 Å². The molecular weight excluding hydrogens is 334 g/mol. The lowest BCUT2D eigenvalue weighted by Gasteiger charge is -2.35. The van der Waals surface area contributed by atoms with Gasteiger partial charge in [0.1, 0.15) is 5.71 Å². The van der Waals surface area contributed by atoms with Crippen LogP contribution in [-0.2, 0) is 27.9 Å². The topological polar surface area (TPSA) is 87.0 Å². The van der Waals surface area contributed by atoms with Crippen LogP contribution in [0.3, 0.4) is 0 Å². The molecular formula is C18H25N5O3. The van der Waals surface area contributed by atoms with Crippen LogP contribution in [0.25, 0.3) is 0 Å². The quantitative estimate of drug-likeness (QED) is 0.832. The molecule has 3 amide bonds. The largest absolute Gasteiger partial charge is 0.352 e. The Labute approximate surface area is 152 Å². The fraction of sp³-hybridized carbons (Fsp3) is 0.556. The molecule has 0 saturated carbocycles. The molecule has 140 valence electrons. The first kappa shape index (κ1) is 18.2. The third kappa shape index (κ3) is 3.63. The van der Waals surface area contributed by atoms with Crippen molar-refractivity contribution in [3.8, 4) is 0 Å². The number of rotatable bonds is 3. The predicted octanol–water partition coefficient (Wildman–Crippen LogP) is 0.121. The maximum atomic E-state index is 12.6. The maximum absolute atomic E-state index is 12.6. The van der Waals surface area contributed by atoms with Gasteiger partial charge in [-0.1, -0.05) is 0 Å². The number of nitrogens with one attached hydrogen (secondary N) is 1. The molecule has 0 radical (unpaired) electrons. The van der Waals surface area contributed by atoms with Crippen LogP contribution < -0.4 is 5.43 Å². The Morgan fingerprint density at radius 1 is 1.12 bits per heavy atom. The summed E-state index contributed by atoms with van der Waals surface area (Å²) in [5.41, 5.74) is 6.05. The molecule has 1 saturated heterocycles. The zero-order valence-corrected chi connectivity index (χ0v) is 15.5. The predicted molar refractivity (Wildman–Crippen MR) is 96.6 cm³/mol. The Balaban J connectivity index is 1.54. The van der Waals surface area contributed by atoms with Gasteiger partial charge in [-0.05, 0) is 25.5 Å². The number of aryl methyl sites for hydroxylation is 1. The minimum Gasteiger partial charge on any atom is -0.352 e. The van der Waals surface area contributed by atoms with E-state index in [1.165, 1.54) is 0 Å². The molecule has 1 aromatic heterocycles. The highest BCUT2D eigenvalue weighted by Gasteiger charge is 2.28. The van der Waals surface area contributed by atoms with Crippen molar-refractivity contribution >= 4 is 23.4 Å². The SMILES string of the molecule is Cc1cc(CC(=O)N2CCN(C(=O)C3=NNC(=O)CC3)CC2)c(C)n1C. The summed E-state index contributed by atoms with van der Waals surface area (Å²) in [4.78, 5) is 39.7. The van der Waals surface area contributed by atoms with Gasteiger partial charge in [-0.15, -0.1) is 0 Å². The molecule has 26 heavy (non-hydrogen) atoms. The first-order valence-electron chi connectivity index (χ1n) is 8.91. The average Bonchev–Trinajstić information content (AvgIpc) is 2.88. The number of hydrazone groups is 1. The van der Waals surface area contributed by atoms with Crippen molar-refractivity contribution in [2.45, 2.75) is 33.1 Å². The van der Waals surface area contributed by atoms with E-state index in [1.54, 1.807) is 4.90 Å². The fourth-order valence-corrected chi connectivity index (χ4v) is 3.36. The van der Waals surface area contributed by atoms with Gasteiger partial charge in [-0.25, -0.2) is 5.43 Å². The first-order chi connectivity index (χ1) is 12.4. The number of carbonyl (C=O) groups is 3. The van der Waals surface area contributed by atoms with E-state index in [1.807, 2.05) is 25.8 Å². The maximum Gasteiger partial charge on any atom is 0.270 e. The number of aromatic nitrogens is 1. The third-order valence-electron chi connectivity index (χ3n) is 5.29. The molecule has 8 nitrogen and oxygen atoms in total. The highest BCUT2D eigenvalue weighted by atomic mass is 16.2. The van der Waals surface area contributed by atoms with Crippen molar-refractivity contribution < 1.29 is 14.4 Å². The molecule has 0 aliphatic carbocycles. The molecule has 1 aromatic rings. The van der Waals surface area contributed by atoms with E-state index in [9.17, 15) is 14.4 Å². The van der Waals surface area contributed by atoms with Crippen molar-refractivity contribution in [3.05, 3.63) is 23.0 Å². The summed E-state index contributed by atoms with van der Waals surface area (Å²) in [6.45, 7) is 6.08. The van der Waals surface area contributed by atoms with Crippen LogP contribution in [0.5, 0.6) is 0 Å². The molecule has 0 bridgehead atoms. The highest BCUT2D eigenvalue weighted by Crippen LogP contribution is 2.16. The second kappa shape index (κ2) is 7.31. The standard InChI is InChI=1S/C18H25N5O3/c1-12-10-14(13(2)21(12)3)11-17(25)22-6-8-23(9-7-22)18(26)15-4-5-16(24)20-19-15/h10H,4-9,11H2,1-3H3,(H,20,24). The lowest BCUT2D eigenvalue weighted by atomic mass is 10.1. The van der Waals surface area contributed by atoms with Crippen LogP contribution in [-0.4, -0.2) is 64.0 Å². The second-order valence-electron chi connectivity index (χ2n) is 6.90. The number of nitrogens with zero attached hydrogens (tertiary/aromatic N) is 4. The van der Waals surface area contributed by atoms with Crippen molar-refractivity contribution in [2.24, 2.45) is 12.1 Å². The van der Waals surface area contributed by atoms with Gasteiger partial charge in [-0.2, -0.15) is 5.10 Å². The minimum absolute atomic E-state index is 0.0908. The van der Waals surface area contributed by atoms with Crippen LogP contribution in [0.2, 0.25) is 0 Å². The zero-order chi connectivity index (χ0) is 18.8. The van der Waals surface area contributed by atoms with Crippen molar-refractivity contribution in [1.82, 2.24) is 19.8 Å². The molecule has 3 heterocycles. The average molecular weight is 359 g/mol. The van der Waals surface area contributed by atoms with Gasteiger partial charge in [0.15, 0.2) is 0 Å². The van der Waals surface area contributed by atoms with Crippen LogP contribution in [0.4, 0.5) is 0 Å². The van der Waals surface area contributed by atoms with E-state index in [2.05, 4.69) is 21.2 Å². The number of hydrogen-bond acceptors (Lipinski definition) is 4. The Morgan fingerprint density at radius 2 is 1.77 bits per heavy atom. The molecule has 2 aliphatic heterocycles. The van der Waals surface area contributed by atoms with E-state index in [0.29, 0.717) is 51.2 Å².